The van der Waals surface area contributed by atoms with Crippen LogP contribution in [-0.2, 0) is 32.4 Å². The van der Waals surface area contributed by atoms with Gasteiger partial charge in [-0.1, -0.05) is 25.6 Å². The van der Waals surface area contributed by atoms with Crippen molar-refractivity contribution in [3.8, 4) is 0 Å². The number of aromatic nitrogens is 4. The number of anilines is 1. The molecule has 216 valence electrons. The number of nitrogens with zero attached hydrogens (tertiary/aromatic N) is 4. The van der Waals surface area contributed by atoms with Crippen molar-refractivity contribution >= 4 is 47.9 Å². The van der Waals surface area contributed by atoms with Crippen LogP contribution in [0.2, 0.25) is 0 Å². The summed E-state index contributed by atoms with van der Waals surface area (Å²) in [5, 5.41) is 2.44. The number of amides is 1. The van der Waals surface area contributed by atoms with E-state index in [9.17, 15) is 14.2 Å². The Morgan fingerprint density at radius 3 is 2.92 bits per heavy atom. The Labute approximate surface area is 228 Å². The van der Waals surface area contributed by atoms with Crippen LogP contribution in [-0.4, -0.2) is 80.7 Å². The summed E-state index contributed by atoms with van der Waals surface area (Å²) in [5.41, 5.74) is 3.45. The molecule has 2 fully saturated rings. The van der Waals surface area contributed by atoms with Crippen LogP contribution in [0.25, 0.3) is 11.2 Å². The summed E-state index contributed by atoms with van der Waals surface area (Å²) in [6, 6.07) is 0. The fourth-order valence-electron chi connectivity index (χ4n) is 4.16. The number of phosphoric ester groups is 1. The second-order valence-electron chi connectivity index (χ2n) is 9.79. The van der Waals surface area contributed by atoms with Crippen molar-refractivity contribution in [2.75, 3.05) is 37.9 Å². The Morgan fingerprint density at radius 1 is 1.41 bits per heavy atom. The molecule has 14 nitrogen and oxygen atoms in total. The number of thioether (sulfide) groups is 1. The molecule has 0 unspecified atom stereocenters. The highest BCUT2D eigenvalue weighted by Crippen LogP contribution is 2.59. The summed E-state index contributed by atoms with van der Waals surface area (Å²) in [6.07, 6.45) is -0.716. The number of imidazole rings is 1. The molecule has 0 bridgehead atoms. The van der Waals surface area contributed by atoms with Crippen molar-refractivity contribution in [1.29, 1.82) is 0 Å². The highest BCUT2D eigenvalue weighted by atomic mass is 32.2. The average Bonchev–Trinajstić information content (AvgIpc) is 3.38. The van der Waals surface area contributed by atoms with E-state index in [1.165, 1.54) is 24.0 Å². The first kappa shape index (κ1) is 29.6. The van der Waals surface area contributed by atoms with Gasteiger partial charge in [0.1, 0.15) is 17.7 Å². The third-order valence-corrected chi connectivity index (χ3v) is 8.96. The van der Waals surface area contributed by atoms with Crippen LogP contribution in [0.15, 0.2) is 12.5 Å². The van der Waals surface area contributed by atoms with E-state index in [4.69, 9.17) is 28.8 Å². The molecule has 5 atom stereocenters. The lowest BCUT2D eigenvalue weighted by Crippen LogP contribution is -2.44. The van der Waals surface area contributed by atoms with E-state index in [1.807, 2.05) is 0 Å². The summed E-state index contributed by atoms with van der Waals surface area (Å²) in [4.78, 5) is 36.2. The van der Waals surface area contributed by atoms with Gasteiger partial charge < -0.3 is 20.5 Å². The molecule has 2 aromatic rings. The zero-order valence-electron chi connectivity index (χ0n) is 22.0. The smallest absolute Gasteiger partial charge is 0.450 e. The number of carbonyl (C=O) groups is 2. The summed E-state index contributed by atoms with van der Waals surface area (Å²) in [7, 11) is -4.14. The molecule has 0 spiro atoms. The number of nitrogens with two attached hydrogens (primary N) is 1. The van der Waals surface area contributed by atoms with E-state index in [0.29, 0.717) is 11.9 Å². The first-order valence-electron chi connectivity index (χ1n) is 12.3. The van der Waals surface area contributed by atoms with Crippen LogP contribution >= 0.6 is 19.6 Å². The standard InChI is InChI=1S/C22H32FN6O8PS/c1-5-33-20(31)25-7-6-21(2,3)18(30)39-9-8-34-38(32)35-11-14-15(37-38)22(4,23)17(36-14)29-12-27-13-10-26-19(24)28-16(13)29/h10,12,14-15,17H,5-9,11H2,1-4H3,(H,25,31)(H2,24,26,28)/t14-,15-,17-,22-,38-/m1/s1. The number of ether oxygens (including phenoxy) is 2. The molecule has 39 heavy (non-hydrogen) atoms. The molecule has 2 aliphatic heterocycles. The van der Waals surface area contributed by atoms with Crippen molar-refractivity contribution in [2.24, 2.45) is 5.41 Å². The van der Waals surface area contributed by atoms with Gasteiger partial charge in [-0.3, -0.25) is 22.9 Å². The molecule has 0 aromatic carbocycles. The first-order valence-corrected chi connectivity index (χ1v) is 14.8. The topological polar surface area (TPSA) is 179 Å². The maximum atomic E-state index is 16.1. The van der Waals surface area contributed by atoms with Crippen LogP contribution in [0.4, 0.5) is 15.1 Å². The molecule has 2 aromatic heterocycles. The van der Waals surface area contributed by atoms with E-state index < -0.39 is 43.4 Å². The Kier molecular flexibility index (Phi) is 8.83. The predicted octanol–water partition coefficient (Wildman–Crippen LogP) is 3.00. The van der Waals surface area contributed by atoms with Gasteiger partial charge in [0.05, 0.1) is 32.3 Å². The number of carbonyl (C=O) groups excluding carboxylic acids is 2. The predicted molar refractivity (Wildman–Crippen MR) is 138 cm³/mol. The quantitative estimate of drug-likeness (QED) is 0.305. The monoisotopic (exact) mass is 590 g/mol. The van der Waals surface area contributed by atoms with Gasteiger partial charge in [-0.25, -0.2) is 23.7 Å². The van der Waals surface area contributed by atoms with Crippen LogP contribution in [0, 0.1) is 5.41 Å². The third-order valence-electron chi connectivity index (χ3n) is 6.32. The van der Waals surface area contributed by atoms with Crippen molar-refractivity contribution in [2.45, 2.75) is 58.2 Å². The largest absolute Gasteiger partial charge is 0.475 e. The number of nitrogens with one attached hydrogen (secondary N) is 1. The number of phosphoric acid groups is 1. The van der Waals surface area contributed by atoms with E-state index >= 15 is 4.39 Å². The summed E-state index contributed by atoms with van der Waals surface area (Å²) < 4.78 is 57.4. The molecule has 2 aliphatic rings. The minimum atomic E-state index is -4.14. The highest BCUT2D eigenvalue weighted by molar-refractivity contribution is 8.13. The number of fused-ring (bicyclic) bond motifs is 2. The number of alkyl carbamates (subject to hydrolysis) is 1. The van der Waals surface area contributed by atoms with E-state index in [1.54, 1.807) is 20.8 Å². The van der Waals surface area contributed by atoms with Crippen LogP contribution in [0.1, 0.15) is 40.3 Å². The van der Waals surface area contributed by atoms with Gasteiger partial charge in [0, 0.05) is 17.7 Å². The second kappa shape index (κ2) is 11.6. The molecule has 4 rings (SSSR count). The van der Waals surface area contributed by atoms with Crippen molar-refractivity contribution in [3.63, 3.8) is 0 Å². The maximum absolute atomic E-state index is 16.1. The minimum absolute atomic E-state index is 0.00853. The number of halogens is 1. The highest BCUT2D eigenvalue weighted by Gasteiger charge is 2.61. The number of hydrogen-bond donors (Lipinski definition) is 2. The molecule has 2 saturated heterocycles. The average molecular weight is 591 g/mol. The van der Waals surface area contributed by atoms with Gasteiger partial charge in [-0.15, -0.1) is 0 Å². The molecule has 0 saturated carbocycles. The van der Waals surface area contributed by atoms with Crippen molar-refractivity contribution in [3.05, 3.63) is 12.5 Å². The molecule has 4 heterocycles. The Bertz CT molecular complexity index is 1260. The van der Waals surface area contributed by atoms with Crippen LogP contribution in [0.3, 0.4) is 0 Å². The SMILES string of the molecule is CCOC(=O)NCCC(C)(C)C(=O)SCCO[P@]1(=O)OC[C@H]2O[C@@H](n3cnc4cnc(N)nc43)[C@](C)(F)[C@@H]2O1. The summed E-state index contributed by atoms with van der Waals surface area (Å²) in [5.74, 6) is 0.151. The van der Waals surface area contributed by atoms with Gasteiger partial charge in [0.25, 0.3) is 0 Å². The molecule has 0 radical (unpaired) electrons. The molecule has 17 heteroatoms. The fourth-order valence-corrected chi connectivity index (χ4v) is 6.59. The van der Waals surface area contributed by atoms with E-state index in [2.05, 4.69) is 20.3 Å². The fraction of sp³-hybridized carbons (Fsp3) is 0.682. The van der Waals surface area contributed by atoms with E-state index in [-0.39, 0.29) is 48.8 Å². The number of alkyl halides is 1. The lowest BCUT2D eigenvalue weighted by atomic mass is 9.91. The number of hydrogen-bond acceptors (Lipinski definition) is 13. The maximum Gasteiger partial charge on any atom is 0.475 e. The Hall–Kier alpha value is -2.36. The van der Waals surface area contributed by atoms with Gasteiger partial charge in [-0.2, -0.15) is 4.98 Å². The lowest BCUT2D eigenvalue weighted by Gasteiger charge is -2.33. The zero-order valence-corrected chi connectivity index (χ0v) is 23.7. The van der Waals surface area contributed by atoms with Gasteiger partial charge >= 0.3 is 13.9 Å². The van der Waals surface area contributed by atoms with Crippen molar-refractivity contribution in [1.82, 2.24) is 24.8 Å². The Morgan fingerprint density at radius 2 is 2.18 bits per heavy atom. The minimum Gasteiger partial charge on any atom is -0.450 e. The number of rotatable bonds is 10. The molecule has 1 amide bonds. The molecular formula is C22H32FN6O8PS. The lowest BCUT2D eigenvalue weighted by molar-refractivity contribution is -0.118. The second-order valence-corrected chi connectivity index (χ2v) is 12.5. The van der Waals surface area contributed by atoms with E-state index in [0.717, 1.165) is 11.8 Å². The van der Waals surface area contributed by atoms with Crippen LogP contribution in [0.5, 0.6) is 0 Å². The molecular weight excluding hydrogens is 558 g/mol. The van der Waals surface area contributed by atoms with Crippen LogP contribution < -0.4 is 11.1 Å². The summed E-state index contributed by atoms with van der Waals surface area (Å²) in [6.45, 7) is 6.64. The van der Waals surface area contributed by atoms with Gasteiger partial charge in [0.15, 0.2) is 22.7 Å². The summed E-state index contributed by atoms with van der Waals surface area (Å²) >= 11 is 0.988. The first-order chi connectivity index (χ1) is 18.4. The normalized spacial score (nSPS) is 28.8. The molecule has 3 N–H and O–H groups in total. The third kappa shape index (κ3) is 6.52. The molecule has 0 aliphatic carbocycles. The van der Waals surface area contributed by atoms with Gasteiger partial charge in [-0.05, 0) is 20.3 Å². The Balaban J connectivity index is 1.29. The van der Waals surface area contributed by atoms with Crippen molar-refractivity contribution < 1.29 is 41.6 Å². The zero-order chi connectivity index (χ0) is 28.4. The number of nitrogen functional groups attached to an aromatic ring is 1. The van der Waals surface area contributed by atoms with Gasteiger partial charge in [0.2, 0.25) is 5.95 Å².